The van der Waals surface area contributed by atoms with Crippen molar-refractivity contribution < 1.29 is 18.9 Å². The number of aromatic amines is 1. The molecule has 0 amide bonds. The van der Waals surface area contributed by atoms with Gasteiger partial charge in [0.25, 0.3) is 0 Å². The maximum Gasteiger partial charge on any atom is 1.00 e. The van der Waals surface area contributed by atoms with Gasteiger partial charge in [-0.3, -0.25) is 9.98 Å². The third kappa shape index (κ3) is 5.19. The molecule has 0 saturated carbocycles. The second kappa shape index (κ2) is 9.49. The maximum atomic E-state index is 4.68. The predicted molar refractivity (Wildman–Crippen MR) is 89.0 cm³/mol. The first-order chi connectivity index (χ1) is 10.7. The molecule has 0 spiro atoms. The number of imidazole rings is 2. The molecule has 6 nitrogen and oxygen atoms in total. The van der Waals surface area contributed by atoms with Crippen molar-refractivity contribution in [3.8, 4) is 0 Å². The summed E-state index contributed by atoms with van der Waals surface area (Å²) < 4.78 is 0. The third-order valence-electron chi connectivity index (χ3n) is 3.75. The summed E-state index contributed by atoms with van der Waals surface area (Å²) in [5, 5.41) is 0. The first-order valence-corrected chi connectivity index (χ1v) is 7.66. The summed E-state index contributed by atoms with van der Waals surface area (Å²) in [6.07, 6.45) is 8.76. The molecule has 2 atom stereocenters. The van der Waals surface area contributed by atoms with E-state index in [9.17, 15) is 0 Å². The molecule has 0 fully saturated rings. The minimum atomic E-state index is 0. The van der Waals surface area contributed by atoms with Gasteiger partial charge in [0, 0.05) is 18.1 Å². The fraction of sp³-hybridized carbons (Fsp3) is 0.500. The van der Waals surface area contributed by atoms with Crippen molar-refractivity contribution in [2.24, 2.45) is 9.98 Å². The summed E-state index contributed by atoms with van der Waals surface area (Å²) >= 11 is 0. The van der Waals surface area contributed by atoms with E-state index in [-0.39, 0.29) is 30.9 Å². The van der Waals surface area contributed by atoms with E-state index in [0.29, 0.717) is 0 Å². The van der Waals surface area contributed by atoms with Crippen molar-refractivity contribution in [2.45, 2.75) is 52.6 Å². The zero-order valence-electron chi connectivity index (χ0n) is 14.6. The van der Waals surface area contributed by atoms with E-state index in [1.54, 1.807) is 12.7 Å². The Morgan fingerprint density at radius 3 is 2.13 bits per heavy atom. The first-order valence-electron chi connectivity index (χ1n) is 7.66. The molecule has 0 aliphatic rings. The van der Waals surface area contributed by atoms with Gasteiger partial charge in [-0.2, -0.15) is 0 Å². The average molecular weight is 306 g/mol. The molecule has 2 rings (SSSR count). The Morgan fingerprint density at radius 2 is 1.70 bits per heavy atom. The Bertz CT molecular complexity index is 586. The van der Waals surface area contributed by atoms with E-state index in [1.165, 1.54) is 0 Å². The molecule has 2 aromatic rings. The molecule has 23 heavy (non-hydrogen) atoms. The third-order valence-corrected chi connectivity index (χ3v) is 3.75. The number of aromatic nitrogens is 4. The maximum absolute atomic E-state index is 4.68. The summed E-state index contributed by atoms with van der Waals surface area (Å²) in [7, 11) is 0. The minimum absolute atomic E-state index is 0. The molecule has 2 aromatic heterocycles. The summed E-state index contributed by atoms with van der Waals surface area (Å²) in [6.45, 7) is 8.18. The fourth-order valence-corrected chi connectivity index (χ4v) is 2.25. The van der Waals surface area contributed by atoms with Gasteiger partial charge in [-0.25, -0.2) is 4.98 Å². The van der Waals surface area contributed by atoms with Crippen LogP contribution in [-0.4, -0.2) is 39.5 Å². The molecular formula is C16H23LiN6. The molecule has 2 heterocycles. The Hall–Kier alpha value is -1.64. The molecular weight excluding hydrogens is 283 g/mol. The van der Waals surface area contributed by atoms with E-state index in [2.05, 4.69) is 43.8 Å². The Morgan fingerprint density at radius 1 is 1.09 bits per heavy atom. The number of H-pyrrole nitrogens is 1. The van der Waals surface area contributed by atoms with Crippen LogP contribution < -0.4 is 23.8 Å². The zero-order valence-corrected chi connectivity index (χ0v) is 14.6. The van der Waals surface area contributed by atoms with Crippen molar-refractivity contribution in [2.75, 3.05) is 0 Å². The largest absolute Gasteiger partial charge is 1.00 e. The molecule has 0 aromatic carbocycles. The van der Waals surface area contributed by atoms with Gasteiger partial charge in [0.05, 0.1) is 18.4 Å². The van der Waals surface area contributed by atoms with E-state index in [4.69, 9.17) is 0 Å². The summed E-state index contributed by atoms with van der Waals surface area (Å²) in [6, 6.07) is 0.275. The van der Waals surface area contributed by atoms with Gasteiger partial charge < -0.3 is 15.0 Å². The van der Waals surface area contributed by atoms with Crippen molar-refractivity contribution in [3.63, 3.8) is 0 Å². The fourth-order valence-electron chi connectivity index (χ4n) is 2.25. The van der Waals surface area contributed by atoms with Crippen LogP contribution in [0.4, 0.5) is 0 Å². The predicted octanol–water partition coefficient (Wildman–Crippen LogP) is -0.522. The Kier molecular flexibility index (Phi) is 8.00. The second-order valence-corrected chi connectivity index (χ2v) is 5.26. The summed E-state index contributed by atoms with van der Waals surface area (Å²) in [5.41, 5.74) is 3.65. The van der Waals surface area contributed by atoms with Crippen LogP contribution in [0, 0.1) is 13.8 Å². The monoisotopic (exact) mass is 306 g/mol. The molecule has 1 N–H and O–H groups in total. The van der Waals surface area contributed by atoms with Crippen LogP contribution in [0.3, 0.4) is 0 Å². The second-order valence-electron chi connectivity index (χ2n) is 5.26. The summed E-state index contributed by atoms with van der Waals surface area (Å²) in [4.78, 5) is 25.0. The van der Waals surface area contributed by atoms with E-state index < -0.39 is 0 Å². The van der Waals surface area contributed by atoms with Crippen LogP contribution in [0.2, 0.25) is 0 Å². The molecule has 0 aliphatic carbocycles. The normalized spacial score (nSPS) is 14.3. The SMILES string of the molecule is CC[C@H](N=Cc1nc[n-]c1C)[C@H](CC)N=Cc1nc[nH]c1C.[Li+]. The molecule has 0 aliphatic heterocycles. The van der Waals surface area contributed by atoms with E-state index in [1.807, 2.05) is 26.3 Å². The quantitative estimate of drug-likeness (QED) is 0.552. The number of hydrogen-bond acceptors (Lipinski definition) is 4. The topological polar surface area (TPSA) is 80.4 Å². The van der Waals surface area contributed by atoms with Gasteiger partial charge in [0.2, 0.25) is 0 Å². The van der Waals surface area contributed by atoms with Gasteiger partial charge in [-0.05, 0) is 32.4 Å². The van der Waals surface area contributed by atoms with Crippen LogP contribution in [0.25, 0.3) is 0 Å². The smallest absolute Gasteiger partial charge is 0.447 e. The molecule has 7 heteroatoms. The van der Waals surface area contributed by atoms with E-state index >= 15 is 0 Å². The van der Waals surface area contributed by atoms with Crippen molar-refractivity contribution in [3.05, 3.63) is 35.4 Å². The summed E-state index contributed by atoms with van der Waals surface area (Å²) in [5.74, 6) is 0. The Balaban J connectivity index is 0.00000264. The van der Waals surface area contributed by atoms with Crippen LogP contribution in [-0.2, 0) is 0 Å². The average Bonchev–Trinajstić information content (AvgIpc) is 3.11. The molecule has 118 valence electrons. The molecule has 0 saturated heterocycles. The van der Waals surface area contributed by atoms with E-state index in [0.717, 1.165) is 35.6 Å². The number of aliphatic imine (C=N–C) groups is 2. The van der Waals surface area contributed by atoms with Crippen LogP contribution >= 0.6 is 0 Å². The van der Waals surface area contributed by atoms with Crippen LogP contribution in [0.5, 0.6) is 0 Å². The van der Waals surface area contributed by atoms with Crippen molar-refractivity contribution in [1.82, 2.24) is 19.9 Å². The van der Waals surface area contributed by atoms with Crippen LogP contribution in [0.15, 0.2) is 22.6 Å². The Labute approximate surface area is 149 Å². The number of nitrogens with one attached hydrogen (secondary N) is 1. The van der Waals surface area contributed by atoms with Gasteiger partial charge in [-0.1, -0.05) is 25.9 Å². The van der Waals surface area contributed by atoms with Gasteiger partial charge in [0.15, 0.2) is 0 Å². The first kappa shape index (κ1) is 19.4. The number of nitrogens with zero attached hydrogens (tertiary/aromatic N) is 5. The molecule has 0 bridgehead atoms. The van der Waals surface area contributed by atoms with Gasteiger partial charge >= 0.3 is 18.9 Å². The van der Waals surface area contributed by atoms with Crippen LogP contribution in [0.1, 0.15) is 49.5 Å². The van der Waals surface area contributed by atoms with Gasteiger partial charge in [0.1, 0.15) is 5.69 Å². The minimum Gasteiger partial charge on any atom is -0.447 e. The van der Waals surface area contributed by atoms with Gasteiger partial charge in [-0.15, -0.1) is 0 Å². The number of aryl methyl sites for hydroxylation is 2. The molecule has 0 unspecified atom stereocenters. The standard InChI is InChI=1S/C16H23N6.Li/c1-5-13(17-7-15-11(3)19-9-21-15)14(6-2)18-8-16-12(4)20-10-22-16;/h7-10,13-14H,5-6H2,1-4H3,(H-,19,20,21,22);/q-1;+1/t13-,14-;/m0./s1. The van der Waals surface area contributed by atoms with Crippen molar-refractivity contribution in [1.29, 1.82) is 0 Å². The molecule has 0 radical (unpaired) electrons. The zero-order chi connectivity index (χ0) is 15.9. The number of rotatable bonds is 7. The van der Waals surface area contributed by atoms with Crippen molar-refractivity contribution >= 4 is 12.4 Å². The number of hydrogen-bond donors (Lipinski definition) is 1.